The van der Waals surface area contributed by atoms with Crippen LogP contribution in [0.5, 0.6) is 0 Å². The molecule has 0 aliphatic carbocycles. The molecule has 0 bridgehead atoms. The Balaban J connectivity index is 1.84. The van der Waals surface area contributed by atoms with E-state index < -0.39 is 0 Å². The molecular weight excluding hydrogens is 298 g/mol. The number of aromatic nitrogens is 3. The lowest BCUT2D eigenvalue weighted by Gasteiger charge is -2.34. The van der Waals surface area contributed by atoms with Gasteiger partial charge in [0.2, 0.25) is 0 Å². The van der Waals surface area contributed by atoms with E-state index in [4.69, 9.17) is 0 Å². The van der Waals surface area contributed by atoms with Crippen LogP contribution in [0.1, 0.15) is 36.8 Å². The fraction of sp³-hybridized carbons (Fsp3) is 0.533. The summed E-state index contributed by atoms with van der Waals surface area (Å²) in [4.78, 5) is 15.8. The molecule has 0 spiro atoms. The number of thiazole rings is 1. The number of aryl methyl sites for hydroxylation is 1. The van der Waals surface area contributed by atoms with Gasteiger partial charge in [-0.2, -0.15) is 0 Å². The van der Waals surface area contributed by atoms with E-state index in [1.807, 2.05) is 18.4 Å². The van der Waals surface area contributed by atoms with Crippen molar-refractivity contribution in [3.8, 4) is 0 Å². The molecule has 0 saturated carbocycles. The number of anilines is 2. The zero-order chi connectivity index (χ0) is 15.4. The molecule has 0 unspecified atom stereocenters. The third-order valence-electron chi connectivity index (χ3n) is 3.84. The maximum Gasteiger partial charge on any atom is 0.188 e. The molecule has 0 radical (unpaired) electrons. The Morgan fingerprint density at radius 1 is 1.41 bits per heavy atom. The van der Waals surface area contributed by atoms with Gasteiger partial charge in [-0.1, -0.05) is 6.42 Å². The molecule has 1 saturated heterocycles. The number of β-amino-alcohol motifs (C(OH)–C–C–N with tert-alkyl or cyclic N) is 1. The third kappa shape index (κ3) is 3.60. The Morgan fingerprint density at radius 2 is 2.32 bits per heavy atom. The van der Waals surface area contributed by atoms with Crippen LogP contribution in [-0.2, 0) is 0 Å². The number of aliphatic hydroxyl groups excluding tert-OH is 1. The SMILES string of the molecule is Cc1cc(Nc2nccs2)nc([C@H]2CCCCN2CCO)n1. The van der Waals surface area contributed by atoms with Gasteiger partial charge in [0, 0.05) is 29.9 Å². The first-order valence-corrected chi connectivity index (χ1v) is 8.51. The van der Waals surface area contributed by atoms with Crippen molar-refractivity contribution in [1.29, 1.82) is 0 Å². The second kappa shape index (κ2) is 7.13. The van der Waals surface area contributed by atoms with E-state index in [-0.39, 0.29) is 12.6 Å². The molecule has 1 aliphatic rings. The Kier molecular flexibility index (Phi) is 4.97. The summed E-state index contributed by atoms with van der Waals surface area (Å²) < 4.78 is 0. The highest BCUT2D eigenvalue weighted by molar-refractivity contribution is 7.13. The number of nitrogens with one attached hydrogen (secondary N) is 1. The lowest BCUT2D eigenvalue weighted by Crippen LogP contribution is -2.36. The van der Waals surface area contributed by atoms with E-state index in [1.54, 1.807) is 17.5 Å². The first-order valence-electron chi connectivity index (χ1n) is 7.63. The number of likely N-dealkylation sites (tertiary alicyclic amines) is 1. The number of hydrogen-bond acceptors (Lipinski definition) is 7. The number of nitrogens with zero attached hydrogens (tertiary/aromatic N) is 4. The summed E-state index contributed by atoms with van der Waals surface area (Å²) >= 11 is 1.55. The van der Waals surface area contributed by atoms with Crippen molar-refractivity contribution in [2.45, 2.75) is 32.2 Å². The van der Waals surface area contributed by atoms with E-state index in [2.05, 4.69) is 25.2 Å². The van der Waals surface area contributed by atoms with Crippen molar-refractivity contribution >= 4 is 22.3 Å². The van der Waals surface area contributed by atoms with Crippen molar-refractivity contribution in [1.82, 2.24) is 19.9 Å². The van der Waals surface area contributed by atoms with Crippen molar-refractivity contribution in [2.24, 2.45) is 0 Å². The normalized spacial score (nSPS) is 19.3. The van der Waals surface area contributed by atoms with Crippen LogP contribution in [0.4, 0.5) is 10.9 Å². The molecule has 0 aromatic carbocycles. The number of rotatable bonds is 5. The standard InChI is InChI=1S/C15H21N5OS/c1-11-10-13(19-15-16-5-9-22-15)18-14(17-11)12-4-2-3-6-20(12)7-8-21/h5,9-10,12,21H,2-4,6-8H2,1H3,(H,16,17,18,19)/t12-/m1/s1. The second-order valence-electron chi connectivity index (χ2n) is 5.49. The van der Waals surface area contributed by atoms with Gasteiger partial charge in [0.05, 0.1) is 12.6 Å². The number of hydrogen-bond donors (Lipinski definition) is 2. The van der Waals surface area contributed by atoms with E-state index in [9.17, 15) is 5.11 Å². The van der Waals surface area contributed by atoms with Crippen LogP contribution in [0.15, 0.2) is 17.6 Å². The molecule has 3 heterocycles. The van der Waals surface area contributed by atoms with Crippen LogP contribution in [0.25, 0.3) is 0 Å². The lowest BCUT2D eigenvalue weighted by molar-refractivity contribution is 0.112. The summed E-state index contributed by atoms with van der Waals surface area (Å²) in [5.41, 5.74) is 0.943. The van der Waals surface area contributed by atoms with E-state index in [0.29, 0.717) is 6.54 Å². The van der Waals surface area contributed by atoms with Crippen molar-refractivity contribution in [3.05, 3.63) is 29.2 Å². The van der Waals surface area contributed by atoms with E-state index in [1.165, 1.54) is 12.8 Å². The Morgan fingerprint density at radius 3 is 3.09 bits per heavy atom. The minimum Gasteiger partial charge on any atom is -0.395 e. The minimum atomic E-state index is 0.173. The molecule has 3 rings (SSSR count). The molecule has 2 N–H and O–H groups in total. The second-order valence-corrected chi connectivity index (χ2v) is 6.38. The summed E-state index contributed by atoms with van der Waals surface area (Å²) in [6.45, 7) is 3.83. The summed E-state index contributed by atoms with van der Waals surface area (Å²) in [7, 11) is 0. The zero-order valence-corrected chi connectivity index (χ0v) is 13.5. The minimum absolute atomic E-state index is 0.173. The van der Waals surface area contributed by atoms with Gasteiger partial charge in [0.25, 0.3) is 0 Å². The predicted molar refractivity (Wildman–Crippen MR) is 87.4 cm³/mol. The van der Waals surface area contributed by atoms with Gasteiger partial charge in [0.15, 0.2) is 5.13 Å². The fourth-order valence-corrected chi connectivity index (χ4v) is 3.41. The molecule has 22 heavy (non-hydrogen) atoms. The highest BCUT2D eigenvalue weighted by Gasteiger charge is 2.26. The van der Waals surface area contributed by atoms with Crippen molar-refractivity contribution in [2.75, 3.05) is 25.0 Å². The lowest BCUT2D eigenvalue weighted by atomic mass is 10.0. The molecule has 7 heteroatoms. The van der Waals surface area contributed by atoms with Crippen LogP contribution < -0.4 is 5.32 Å². The molecule has 2 aromatic heterocycles. The molecule has 1 atom stereocenters. The Bertz CT molecular complexity index is 602. The van der Waals surface area contributed by atoms with Crippen LogP contribution in [0.2, 0.25) is 0 Å². The van der Waals surface area contributed by atoms with Crippen LogP contribution in [-0.4, -0.2) is 44.7 Å². The smallest absolute Gasteiger partial charge is 0.188 e. The van der Waals surface area contributed by atoms with Gasteiger partial charge in [-0.3, -0.25) is 4.90 Å². The molecule has 6 nitrogen and oxygen atoms in total. The molecular formula is C15H21N5OS. The largest absolute Gasteiger partial charge is 0.395 e. The maximum absolute atomic E-state index is 9.26. The monoisotopic (exact) mass is 319 g/mol. The molecule has 1 fully saturated rings. The summed E-state index contributed by atoms with van der Waals surface area (Å²) in [5.74, 6) is 1.62. The first-order chi connectivity index (χ1) is 10.8. The van der Waals surface area contributed by atoms with Gasteiger partial charge < -0.3 is 10.4 Å². The average molecular weight is 319 g/mol. The van der Waals surface area contributed by atoms with Gasteiger partial charge in [-0.15, -0.1) is 11.3 Å². The van der Waals surface area contributed by atoms with Gasteiger partial charge in [-0.25, -0.2) is 15.0 Å². The predicted octanol–water partition coefficient (Wildman–Crippen LogP) is 2.50. The average Bonchev–Trinajstić information content (AvgIpc) is 3.00. The molecule has 118 valence electrons. The molecule has 1 aliphatic heterocycles. The summed E-state index contributed by atoms with van der Waals surface area (Å²) in [6, 6.07) is 2.13. The van der Waals surface area contributed by atoms with Gasteiger partial charge in [-0.05, 0) is 26.3 Å². The molecule has 2 aromatic rings. The van der Waals surface area contributed by atoms with E-state index in [0.717, 1.165) is 35.4 Å². The number of aliphatic hydroxyl groups is 1. The topological polar surface area (TPSA) is 74.2 Å². The van der Waals surface area contributed by atoms with Crippen LogP contribution in [0.3, 0.4) is 0 Å². The fourth-order valence-electron chi connectivity index (χ4n) is 2.88. The highest BCUT2D eigenvalue weighted by Crippen LogP contribution is 2.29. The maximum atomic E-state index is 9.26. The number of piperidine rings is 1. The highest BCUT2D eigenvalue weighted by atomic mass is 32.1. The quantitative estimate of drug-likeness (QED) is 0.882. The van der Waals surface area contributed by atoms with Gasteiger partial charge >= 0.3 is 0 Å². The van der Waals surface area contributed by atoms with Crippen LogP contribution in [0, 0.1) is 6.92 Å². The van der Waals surface area contributed by atoms with Crippen molar-refractivity contribution in [3.63, 3.8) is 0 Å². The van der Waals surface area contributed by atoms with Gasteiger partial charge in [0.1, 0.15) is 11.6 Å². The van der Waals surface area contributed by atoms with Crippen LogP contribution >= 0.6 is 11.3 Å². The summed E-state index contributed by atoms with van der Waals surface area (Å²) in [6.07, 6.45) is 5.16. The molecule has 0 amide bonds. The van der Waals surface area contributed by atoms with E-state index >= 15 is 0 Å². The zero-order valence-electron chi connectivity index (χ0n) is 12.7. The Labute approximate surface area is 134 Å². The third-order valence-corrected chi connectivity index (χ3v) is 4.53. The first kappa shape index (κ1) is 15.3. The van der Waals surface area contributed by atoms with Crippen molar-refractivity contribution < 1.29 is 5.11 Å². The summed E-state index contributed by atoms with van der Waals surface area (Å²) in [5, 5.41) is 15.3. The Hall–Kier alpha value is -1.57.